The van der Waals surface area contributed by atoms with E-state index in [1.165, 1.54) is 4.68 Å². The van der Waals surface area contributed by atoms with Crippen LogP contribution in [0.25, 0.3) is 21.3 Å². The monoisotopic (exact) mass is 434 g/mol. The highest BCUT2D eigenvalue weighted by Crippen LogP contribution is 2.29. The van der Waals surface area contributed by atoms with Crippen LogP contribution in [0.1, 0.15) is 30.9 Å². The lowest BCUT2D eigenvalue weighted by Crippen LogP contribution is -2.32. The Labute approximate surface area is 185 Å². The van der Waals surface area contributed by atoms with Crippen molar-refractivity contribution in [2.24, 2.45) is 0 Å². The minimum atomic E-state index is -0.872. The predicted octanol–water partition coefficient (Wildman–Crippen LogP) is 5.00. The molecular formula is C25H26N2O3S. The number of hydrogen-bond acceptors (Lipinski definition) is 5. The van der Waals surface area contributed by atoms with Crippen molar-refractivity contribution < 1.29 is 9.84 Å². The van der Waals surface area contributed by atoms with E-state index in [0.717, 1.165) is 32.8 Å². The van der Waals surface area contributed by atoms with Crippen molar-refractivity contribution in [3.8, 4) is 16.3 Å². The van der Waals surface area contributed by atoms with Gasteiger partial charge in [-0.25, -0.2) is 4.68 Å². The van der Waals surface area contributed by atoms with Crippen LogP contribution in [0, 0.1) is 6.92 Å². The number of aliphatic hydroxyl groups excluding tert-OH is 1. The number of aromatic nitrogens is 2. The Bertz CT molecular complexity index is 1250. The van der Waals surface area contributed by atoms with E-state index in [9.17, 15) is 9.90 Å². The minimum Gasteiger partial charge on any atom is -0.491 e. The number of aryl methyl sites for hydroxylation is 1. The highest BCUT2D eigenvalue weighted by Gasteiger charge is 2.16. The summed E-state index contributed by atoms with van der Waals surface area (Å²) in [6.07, 6.45) is -0.872. The third kappa shape index (κ3) is 4.55. The largest absolute Gasteiger partial charge is 0.491 e. The zero-order valence-corrected chi connectivity index (χ0v) is 18.7. The predicted molar refractivity (Wildman–Crippen MR) is 126 cm³/mol. The molecule has 4 rings (SSSR count). The molecule has 1 atom stereocenters. The van der Waals surface area contributed by atoms with Crippen LogP contribution in [0.4, 0.5) is 0 Å². The summed E-state index contributed by atoms with van der Waals surface area (Å²) in [5, 5.41) is 18.6. The molecule has 0 saturated carbocycles. The van der Waals surface area contributed by atoms with Crippen molar-refractivity contribution in [2.45, 2.75) is 39.3 Å². The van der Waals surface area contributed by atoms with Gasteiger partial charge in [0.2, 0.25) is 0 Å². The Kier molecular flexibility index (Phi) is 6.20. The first-order valence-electron chi connectivity index (χ1n) is 10.4. The van der Waals surface area contributed by atoms with E-state index in [1.807, 2.05) is 48.7 Å². The quantitative estimate of drug-likeness (QED) is 0.445. The van der Waals surface area contributed by atoms with Gasteiger partial charge in [0.1, 0.15) is 24.2 Å². The topological polar surface area (TPSA) is 64.3 Å². The van der Waals surface area contributed by atoms with Crippen LogP contribution in [-0.2, 0) is 6.54 Å². The number of benzene rings is 2. The van der Waals surface area contributed by atoms with Crippen LogP contribution < -0.4 is 10.3 Å². The van der Waals surface area contributed by atoms with Crippen LogP contribution in [0.2, 0.25) is 0 Å². The van der Waals surface area contributed by atoms with E-state index in [0.29, 0.717) is 11.3 Å². The number of hydrogen-bond donors (Lipinski definition) is 1. The molecule has 4 aromatic rings. The molecule has 160 valence electrons. The van der Waals surface area contributed by atoms with E-state index in [4.69, 9.17) is 4.74 Å². The van der Waals surface area contributed by atoms with Crippen LogP contribution in [0.5, 0.6) is 5.75 Å². The fourth-order valence-electron chi connectivity index (χ4n) is 3.64. The van der Waals surface area contributed by atoms with E-state index >= 15 is 0 Å². The van der Waals surface area contributed by atoms with Crippen molar-refractivity contribution in [3.05, 3.63) is 81.5 Å². The van der Waals surface area contributed by atoms with Gasteiger partial charge in [0.05, 0.1) is 16.8 Å². The van der Waals surface area contributed by atoms with Crippen molar-refractivity contribution in [2.75, 3.05) is 6.61 Å². The Morgan fingerprint density at radius 2 is 1.87 bits per heavy atom. The van der Waals surface area contributed by atoms with Crippen LogP contribution in [0.15, 0.2) is 64.8 Å². The van der Waals surface area contributed by atoms with Gasteiger partial charge in [-0.1, -0.05) is 50.2 Å². The first-order valence-corrected chi connectivity index (χ1v) is 11.3. The molecule has 0 radical (unpaired) electrons. The van der Waals surface area contributed by atoms with Gasteiger partial charge < -0.3 is 9.84 Å². The number of nitrogens with zero attached hydrogens (tertiary/aromatic N) is 2. The second kappa shape index (κ2) is 9.04. The third-order valence-electron chi connectivity index (χ3n) is 5.23. The zero-order chi connectivity index (χ0) is 22.0. The van der Waals surface area contributed by atoms with E-state index in [-0.39, 0.29) is 18.7 Å². The van der Waals surface area contributed by atoms with E-state index in [2.05, 4.69) is 31.1 Å². The molecule has 0 unspecified atom stereocenters. The van der Waals surface area contributed by atoms with Crippen molar-refractivity contribution >= 4 is 22.1 Å². The van der Waals surface area contributed by atoms with Gasteiger partial charge in [-0.15, -0.1) is 11.3 Å². The summed E-state index contributed by atoms with van der Waals surface area (Å²) in [5.41, 5.74) is 2.73. The highest BCUT2D eigenvalue weighted by atomic mass is 32.1. The highest BCUT2D eigenvalue weighted by molar-refractivity contribution is 7.13. The summed E-state index contributed by atoms with van der Waals surface area (Å²) in [4.78, 5) is 14.0. The first-order chi connectivity index (χ1) is 14.9. The molecular weight excluding hydrogens is 408 g/mol. The standard InChI is InChI=1S/C25H26N2O3S/c1-16(2)19-11-10-17(3)13-22(19)30-15-18(28)14-27-25(29)21-8-5-4-7-20(21)24(26-27)23-9-6-12-31-23/h4-13,16,18,28H,14-15H2,1-3H3/t18-/m1/s1. The number of ether oxygens (including phenoxy) is 1. The summed E-state index contributed by atoms with van der Waals surface area (Å²) in [7, 11) is 0. The second-order valence-electron chi connectivity index (χ2n) is 8.02. The molecule has 5 nitrogen and oxygen atoms in total. The molecule has 0 aliphatic rings. The summed E-state index contributed by atoms with van der Waals surface area (Å²) >= 11 is 1.57. The van der Waals surface area contributed by atoms with Crippen molar-refractivity contribution in [1.82, 2.24) is 9.78 Å². The van der Waals surface area contributed by atoms with Crippen LogP contribution in [-0.4, -0.2) is 27.6 Å². The lowest BCUT2D eigenvalue weighted by atomic mass is 10.0. The van der Waals surface area contributed by atoms with E-state index in [1.54, 1.807) is 17.4 Å². The van der Waals surface area contributed by atoms with Gasteiger partial charge in [-0.2, -0.15) is 5.10 Å². The lowest BCUT2D eigenvalue weighted by molar-refractivity contribution is 0.0876. The smallest absolute Gasteiger partial charge is 0.274 e. The fraction of sp³-hybridized carbons (Fsp3) is 0.280. The van der Waals surface area contributed by atoms with Gasteiger partial charge in [-0.3, -0.25) is 4.79 Å². The summed E-state index contributed by atoms with van der Waals surface area (Å²) in [6.45, 7) is 6.37. The molecule has 2 heterocycles. The average molecular weight is 435 g/mol. The van der Waals surface area contributed by atoms with Gasteiger partial charge in [0.25, 0.3) is 5.56 Å². The molecule has 0 spiro atoms. The van der Waals surface area contributed by atoms with Crippen molar-refractivity contribution in [1.29, 1.82) is 0 Å². The Morgan fingerprint density at radius 1 is 1.10 bits per heavy atom. The minimum absolute atomic E-state index is 0.0604. The Balaban J connectivity index is 1.60. The first kappa shape index (κ1) is 21.3. The second-order valence-corrected chi connectivity index (χ2v) is 8.97. The maximum Gasteiger partial charge on any atom is 0.274 e. The SMILES string of the molecule is Cc1ccc(C(C)C)c(OC[C@H](O)Cn2nc(-c3cccs3)c3ccccc3c2=O)c1. The Hall–Kier alpha value is -2.96. The summed E-state index contributed by atoms with van der Waals surface area (Å²) in [5.74, 6) is 1.08. The van der Waals surface area contributed by atoms with Gasteiger partial charge in [-0.05, 0) is 47.5 Å². The molecule has 0 fully saturated rings. The number of aliphatic hydroxyl groups is 1. The Morgan fingerprint density at radius 3 is 2.58 bits per heavy atom. The molecule has 0 aliphatic carbocycles. The third-order valence-corrected chi connectivity index (χ3v) is 6.10. The van der Waals surface area contributed by atoms with Gasteiger partial charge in [0.15, 0.2) is 0 Å². The molecule has 0 aliphatic heterocycles. The van der Waals surface area contributed by atoms with Gasteiger partial charge >= 0.3 is 0 Å². The molecule has 2 aromatic heterocycles. The van der Waals surface area contributed by atoms with Crippen LogP contribution >= 0.6 is 11.3 Å². The summed E-state index contributed by atoms with van der Waals surface area (Å²) < 4.78 is 7.30. The molecule has 31 heavy (non-hydrogen) atoms. The molecule has 0 saturated heterocycles. The van der Waals surface area contributed by atoms with Crippen molar-refractivity contribution in [3.63, 3.8) is 0 Å². The van der Waals surface area contributed by atoms with Gasteiger partial charge in [0, 0.05) is 5.39 Å². The maximum absolute atomic E-state index is 13.0. The zero-order valence-electron chi connectivity index (χ0n) is 17.9. The number of fused-ring (bicyclic) bond motifs is 1. The lowest BCUT2D eigenvalue weighted by Gasteiger charge is -2.18. The van der Waals surface area contributed by atoms with E-state index < -0.39 is 6.10 Å². The molecule has 2 aromatic carbocycles. The molecule has 0 bridgehead atoms. The molecule has 0 amide bonds. The number of rotatable bonds is 7. The number of thiophene rings is 1. The fourth-order valence-corrected chi connectivity index (χ4v) is 4.36. The average Bonchev–Trinajstić information content (AvgIpc) is 3.29. The van der Waals surface area contributed by atoms with Crippen LogP contribution in [0.3, 0.4) is 0 Å². The summed E-state index contributed by atoms with van der Waals surface area (Å²) in [6, 6.07) is 17.5. The maximum atomic E-state index is 13.0. The normalized spacial score (nSPS) is 12.4. The molecule has 6 heteroatoms. The molecule has 1 N–H and O–H groups in total.